The molecule has 1 saturated heterocycles. The average Bonchev–Trinajstić information content (AvgIpc) is 2.50. The normalized spacial score (nSPS) is 17.2. The number of halogens is 1. The molecule has 1 fully saturated rings. The fourth-order valence-corrected chi connectivity index (χ4v) is 3.02. The van der Waals surface area contributed by atoms with Crippen LogP contribution in [0.5, 0.6) is 0 Å². The lowest BCUT2D eigenvalue weighted by Crippen LogP contribution is -2.39. The van der Waals surface area contributed by atoms with Crippen molar-refractivity contribution in [2.75, 3.05) is 28.7 Å². The minimum atomic E-state index is -0.0207. The maximum absolute atomic E-state index is 12.0. The van der Waals surface area contributed by atoms with Crippen LogP contribution in [0.25, 0.3) is 0 Å². The highest BCUT2D eigenvalue weighted by Crippen LogP contribution is 2.15. The molecular weight excluding hydrogens is 322 g/mol. The third kappa shape index (κ3) is 6.25. The summed E-state index contributed by atoms with van der Waals surface area (Å²) in [5.74, 6) is 2.09. The Balaban J connectivity index is 0.00000242. The van der Waals surface area contributed by atoms with E-state index >= 15 is 0 Å². The van der Waals surface area contributed by atoms with E-state index in [1.54, 1.807) is 24.3 Å². The highest BCUT2D eigenvalue weighted by Gasteiger charge is 2.16. The number of nitrogens with one attached hydrogen (secondary N) is 3. The summed E-state index contributed by atoms with van der Waals surface area (Å²) in [6, 6.07) is 7.43. The molecule has 1 heterocycles. The van der Waals surface area contributed by atoms with Gasteiger partial charge in [0.05, 0.1) is 0 Å². The van der Waals surface area contributed by atoms with Gasteiger partial charge in [0.2, 0.25) is 11.8 Å². The van der Waals surface area contributed by atoms with Crippen LogP contribution in [0, 0.1) is 0 Å². The van der Waals surface area contributed by atoms with Crippen LogP contribution in [0.1, 0.15) is 19.8 Å². The first-order chi connectivity index (χ1) is 10.2. The minimum Gasteiger partial charge on any atom is -0.326 e. The lowest BCUT2D eigenvalue weighted by molar-refractivity contribution is -0.117. The quantitative estimate of drug-likeness (QED) is 0.768. The number of hydrogen-bond acceptors (Lipinski definition) is 4. The van der Waals surface area contributed by atoms with Gasteiger partial charge >= 0.3 is 0 Å². The second kappa shape index (κ2) is 9.71. The fourth-order valence-electron chi connectivity index (χ4n) is 2.07. The maximum Gasteiger partial charge on any atom is 0.225 e. The van der Waals surface area contributed by atoms with Gasteiger partial charge in [-0.15, -0.1) is 12.4 Å². The Morgan fingerprint density at radius 3 is 2.27 bits per heavy atom. The van der Waals surface area contributed by atoms with Gasteiger partial charge in [-0.3, -0.25) is 9.59 Å². The molecule has 0 saturated carbocycles. The van der Waals surface area contributed by atoms with Crippen molar-refractivity contribution in [1.29, 1.82) is 0 Å². The van der Waals surface area contributed by atoms with E-state index in [2.05, 4.69) is 16.0 Å². The Hall–Kier alpha value is -1.24. The van der Waals surface area contributed by atoms with Crippen LogP contribution >= 0.6 is 24.2 Å². The van der Waals surface area contributed by atoms with E-state index in [0.29, 0.717) is 12.8 Å². The molecule has 5 nitrogen and oxygen atoms in total. The lowest BCUT2D eigenvalue weighted by Gasteiger charge is -2.22. The predicted molar refractivity (Wildman–Crippen MR) is 95.0 cm³/mol. The Kier molecular flexibility index (Phi) is 8.30. The van der Waals surface area contributed by atoms with Crippen LogP contribution in [0.3, 0.4) is 0 Å². The van der Waals surface area contributed by atoms with E-state index in [1.807, 2.05) is 18.7 Å². The summed E-state index contributed by atoms with van der Waals surface area (Å²) >= 11 is 1.88. The summed E-state index contributed by atoms with van der Waals surface area (Å²) in [6.45, 7) is 2.77. The van der Waals surface area contributed by atoms with E-state index in [-0.39, 0.29) is 30.3 Å². The molecule has 1 aromatic carbocycles. The molecule has 22 heavy (non-hydrogen) atoms. The summed E-state index contributed by atoms with van der Waals surface area (Å²) in [6.07, 6.45) is 0.937. The zero-order valence-electron chi connectivity index (χ0n) is 12.6. The zero-order valence-corrected chi connectivity index (χ0v) is 14.2. The summed E-state index contributed by atoms with van der Waals surface area (Å²) in [4.78, 5) is 23.2. The van der Waals surface area contributed by atoms with Gasteiger partial charge in [-0.2, -0.15) is 11.8 Å². The third-order valence-corrected chi connectivity index (χ3v) is 4.33. The van der Waals surface area contributed by atoms with Crippen molar-refractivity contribution in [3.63, 3.8) is 0 Å². The van der Waals surface area contributed by atoms with Crippen molar-refractivity contribution >= 4 is 47.4 Å². The number of carbonyl (C=O) groups excluding carboxylic acids is 2. The van der Waals surface area contributed by atoms with Crippen LogP contribution in [0.2, 0.25) is 0 Å². The minimum absolute atomic E-state index is 0. The first kappa shape index (κ1) is 18.8. The van der Waals surface area contributed by atoms with Gasteiger partial charge in [-0.05, 0) is 24.3 Å². The molecule has 0 radical (unpaired) electrons. The number of rotatable bonds is 5. The molecule has 1 atom stereocenters. The Morgan fingerprint density at radius 1 is 1.18 bits per heavy atom. The summed E-state index contributed by atoms with van der Waals surface area (Å²) in [5, 5.41) is 9.00. The van der Waals surface area contributed by atoms with Crippen LogP contribution in [0.4, 0.5) is 11.4 Å². The first-order valence-electron chi connectivity index (χ1n) is 7.18. The van der Waals surface area contributed by atoms with Gasteiger partial charge in [0.1, 0.15) is 0 Å². The van der Waals surface area contributed by atoms with Crippen LogP contribution in [-0.4, -0.2) is 35.9 Å². The van der Waals surface area contributed by atoms with Gasteiger partial charge in [-0.1, -0.05) is 6.92 Å². The highest BCUT2D eigenvalue weighted by atomic mass is 35.5. The second-order valence-electron chi connectivity index (χ2n) is 4.96. The van der Waals surface area contributed by atoms with Gasteiger partial charge < -0.3 is 16.0 Å². The van der Waals surface area contributed by atoms with Crippen LogP contribution < -0.4 is 16.0 Å². The SMILES string of the molecule is CCC(=O)Nc1ccc(NC(=O)CC2CSCCN2)cc1.Cl. The average molecular weight is 344 g/mol. The van der Waals surface area contributed by atoms with Crippen LogP contribution in [0.15, 0.2) is 24.3 Å². The molecule has 0 aliphatic carbocycles. The van der Waals surface area contributed by atoms with E-state index in [1.165, 1.54) is 0 Å². The maximum atomic E-state index is 12.0. The molecule has 122 valence electrons. The number of thioether (sulfide) groups is 1. The molecule has 1 aliphatic heterocycles. The molecule has 0 spiro atoms. The molecule has 1 aromatic rings. The predicted octanol–water partition coefficient (Wildman–Crippen LogP) is 2.49. The van der Waals surface area contributed by atoms with E-state index in [0.717, 1.165) is 29.4 Å². The van der Waals surface area contributed by atoms with Gasteiger partial charge in [-0.25, -0.2) is 0 Å². The van der Waals surface area contributed by atoms with E-state index in [9.17, 15) is 9.59 Å². The topological polar surface area (TPSA) is 70.2 Å². The number of benzene rings is 1. The summed E-state index contributed by atoms with van der Waals surface area (Å²) in [5.41, 5.74) is 1.49. The largest absolute Gasteiger partial charge is 0.326 e. The molecule has 0 bridgehead atoms. The highest BCUT2D eigenvalue weighted by molar-refractivity contribution is 7.99. The van der Waals surface area contributed by atoms with Crippen molar-refractivity contribution in [1.82, 2.24) is 5.32 Å². The van der Waals surface area contributed by atoms with Gasteiger partial charge in [0.15, 0.2) is 0 Å². The molecular formula is C15H22ClN3O2S. The van der Waals surface area contributed by atoms with E-state index < -0.39 is 0 Å². The molecule has 2 amide bonds. The van der Waals surface area contributed by atoms with Crippen molar-refractivity contribution in [2.45, 2.75) is 25.8 Å². The molecule has 1 aliphatic rings. The number of amides is 2. The summed E-state index contributed by atoms with van der Waals surface area (Å²) < 4.78 is 0. The van der Waals surface area contributed by atoms with Crippen molar-refractivity contribution in [2.24, 2.45) is 0 Å². The van der Waals surface area contributed by atoms with Crippen molar-refractivity contribution in [3.8, 4) is 0 Å². The molecule has 2 rings (SSSR count). The van der Waals surface area contributed by atoms with Crippen molar-refractivity contribution in [3.05, 3.63) is 24.3 Å². The number of hydrogen-bond donors (Lipinski definition) is 3. The molecule has 1 unspecified atom stereocenters. The summed E-state index contributed by atoms with van der Waals surface area (Å²) in [7, 11) is 0. The zero-order chi connectivity index (χ0) is 15.1. The van der Waals surface area contributed by atoms with Crippen LogP contribution in [-0.2, 0) is 9.59 Å². The Labute approximate surface area is 141 Å². The standard InChI is InChI=1S/C15H21N3O2S.ClH/c1-2-14(19)17-11-3-5-12(6-4-11)18-15(20)9-13-10-21-8-7-16-13;/h3-6,13,16H,2,7-10H2,1H3,(H,17,19)(H,18,20);1H. The first-order valence-corrected chi connectivity index (χ1v) is 8.33. The van der Waals surface area contributed by atoms with Gasteiger partial charge in [0, 0.05) is 48.3 Å². The van der Waals surface area contributed by atoms with Gasteiger partial charge in [0.25, 0.3) is 0 Å². The van der Waals surface area contributed by atoms with Crippen molar-refractivity contribution < 1.29 is 9.59 Å². The Bertz CT molecular complexity index is 490. The molecule has 7 heteroatoms. The second-order valence-corrected chi connectivity index (χ2v) is 6.11. The number of carbonyl (C=O) groups is 2. The lowest BCUT2D eigenvalue weighted by atomic mass is 10.2. The van der Waals surface area contributed by atoms with E-state index in [4.69, 9.17) is 0 Å². The monoisotopic (exact) mass is 343 g/mol. The number of anilines is 2. The fraction of sp³-hybridized carbons (Fsp3) is 0.467. The Morgan fingerprint density at radius 2 is 1.77 bits per heavy atom. The molecule has 0 aromatic heterocycles. The molecule has 3 N–H and O–H groups in total. The smallest absolute Gasteiger partial charge is 0.225 e. The third-order valence-electron chi connectivity index (χ3n) is 3.20.